The van der Waals surface area contributed by atoms with E-state index in [1.807, 2.05) is 68.5 Å². The number of hydrogen-bond donors (Lipinski definition) is 1. The van der Waals surface area contributed by atoms with Crippen LogP contribution in [0.25, 0.3) is 10.1 Å². The van der Waals surface area contributed by atoms with Gasteiger partial charge in [-0.1, -0.05) is 30.4 Å². The van der Waals surface area contributed by atoms with Crippen LogP contribution < -0.4 is 9.47 Å². The van der Waals surface area contributed by atoms with Gasteiger partial charge in [-0.25, -0.2) is 4.79 Å². The van der Waals surface area contributed by atoms with Gasteiger partial charge in [0.25, 0.3) is 0 Å². The van der Waals surface area contributed by atoms with Crippen LogP contribution in [0, 0.1) is 13.8 Å². The van der Waals surface area contributed by atoms with E-state index in [9.17, 15) is 9.59 Å². The van der Waals surface area contributed by atoms with Gasteiger partial charge in [0.05, 0.1) is 7.11 Å². The van der Waals surface area contributed by atoms with E-state index in [-0.39, 0.29) is 11.9 Å². The first-order valence-corrected chi connectivity index (χ1v) is 11.4. The van der Waals surface area contributed by atoms with E-state index in [0.29, 0.717) is 22.6 Å². The largest absolute Gasteiger partial charge is 0.497 e. The molecule has 0 spiro atoms. The maximum Gasteiger partial charge on any atom is 0.328 e. The Hall–Kier alpha value is -3.64. The number of carboxylic acids is 1. The van der Waals surface area contributed by atoms with E-state index < -0.39 is 5.97 Å². The van der Waals surface area contributed by atoms with E-state index in [2.05, 4.69) is 0 Å². The third kappa shape index (κ3) is 4.76. The minimum Gasteiger partial charge on any atom is -0.497 e. The number of carboxylic acid groups (broad SMARTS) is 1. The second kappa shape index (κ2) is 9.46. The number of benzene rings is 2. The van der Waals surface area contributed by atoms with Gasteiger partial charge in [-0.15, -0.1) is 11.3 Å². The molecule has 1 aliphatic carbocycles. The summed E-state index contributed by atoms with van der Waals surface area (Å²) in [6, 6.07) is 11.5. The first kappa shape index (κ1) is 22.6. The minimum atomic E-state index is -0.988. The van der Waals surface area contributed by atoms with Gasteiger partial charge in [0.15, 0.2) is 0 Å². The van der Waals surface area contributed by atoms with E-state index >= 15 is 0 Å². The van der Waals surface area contributed by atoms with Gasteiger partial charge in [-0.05, 0) is 60.9 Å². The average molecular weight is 461 g/mol. The summed E-state index contributed by atoms with van der Waals surface area (Å²) in [5, 5.41) is 9.68. The molecule has 5 nitrogen and oxygen atoms in total. The molecule has 4 rings (SSSR count). The molecule has 1 unspecified atom stereocenters. The summed E-state index contributed by atoms with van der Waals surface area (Å²) in [5.74, 6) is 0.244. The van der Waals surface area contributed by atoms with Crippen LogP contribution >= 0.6 is 11.3 Å². The molecular formula is C27H24O5S. The number of methoxy groups -OCH3 is 1. The molecule has 0 bridgehead atoms. The third-order valence-corrected chi connectivity index (χ3v) is 6.68. The fraction of sp³-hybridized carbons (Fsp3) is 0.185. The number of carbonyl (C=O) groups excluding carboxylic acids is 1. The molecule has 0 saturated heterocycles. The average Bonchev–Trinajstić information content (AvgIpc) is 3.15. The van der Waals surface area contributed by atoms with Crippen LogP contribution in [0.3, 0.4) is 0 Å². The fourth-order valence-corrected chi connectivity index (χ4v) is 4.99. The Morgan fingerprint density at radius 2 is 1.91 bits per heavy atom. The number of hydrogen-bond acceptors (Lipinski definition) is 5. The number of aryl methyl sites for hydroxylation is 2. The van der Waals surface area contributed by atoms with Gasteiger partial charge in [0.1, 0.15) is 22.5 Å². The fourth-order valence-electron chi connectivity index (χ4n) is 3.88. The lowest BCUT2D eigenvalue weighted by Gasteiger charge is -2.18. The van der Waals surface area contributed by atoms with Crippen molar-refractivity contribution in [1.29, 1.82) is 0 Å². The van der Waals surface area contributed by atoms with Gasteiger partial charge >= 0.3 is 5.97 Å². The Kier molecular flexibility index (Phi) is 6.47. The van der Waals surface area contributed by atoms with Gasteiger partial charge in [-0.3, -0.25) is 4.79 Å². The zero-order valence-corrected chi connectivity index (χ0v) is 19.4. The Morgan fingerprint density at radius 3 is 2.55 bits per heavy atom. The lowest BCUT2D eigenvalue weighted by Crippen LogP contribution is -2.16. The summed E-state index contributed by atoms with van der Waals surface area (Å²) in [6.07, 6.45) is 8.61. The Labute approximate surface area is 196 Å². The molecule has 6 heteroatoms. The van der Waals surface area contributed by atoms with Crippen LogP contribution in [0.1, 0.15) is 32.8 Å². The highest BCUT2D eigenvalue weighted by molar-refractivity contribution is 7.21. The van der Waals surface area contributed by atoms with E-state index in [1.54, 1.807) is 13.2 Å². The SMILES string of the molecule is COc1ccc2c(OC3C=CC(/C=C/C(=O)O)=CC3)c(C(=O)c3c(C)cccc3C)sc2c1. The second-order valence-electron chi connectivity index (χ2n) is 7.85. The maximum absolute atomic E-state index is 13.7. The van der Waals surface area contributed by atoms with Crippen molar-refractivity contribution in [2.75, 3.05) is 7.11 Å². The van der Waals surface area contributed by atoms with Crippen LogP contribution in [-0.4, -0.2) is 30.1 Å². The molecule has 3 aromatic rings. The number of allylic oxidation sites excluding steroid dienone is 3. The van der Waals surface area contributed by atoms with E-state index in [1.165, 1.54) is 11.3 Å². The van der Waals surface area contributed by atoms with Crippen molar-refractivity contribution in [2.24, 2.45) is 0 Å². The predicted molar refractivity (Wildman–Crippen MR) is 131 cm³/mol. The smallest absolute Gasteiger partial charge is 0.328 e. The van der Waals surface area contributed by atoms with Crippen molar-refractivity contribution in [3.8, 4) is 11.5 Å². The van der Waals surface area contributed by atoms with Crippen LogP contribution in [0.2, 0.25) is 0 Å². The molecular weight excluding hydrogens is 436 g/mol. The standard InChI is InChI=1S/C27H24O5S/c1-16-5-4-6-17(2)24(16)25(30)27-26(21-13-12-20(31-3)15-22(21)33-27)32-19-10-7-18(8-11-19)9-14-23(28)29/h4-10,12-15,19H,11H2,1-3H3,(H,28,29)/b14-9+. The van der Waals surface area contributed by atoms with Crippen molar-refractivity contribution in [3.63, 3.8) is 0 Å². The number of thiophene rings is 1. The first-order chi connectivity index (χ1) is 15.9. The summed E-state index contributed by atoms with van der Waals surface area (Å²) >= 11 is 1.40. The van der Waals surface area contributed by atoms with Crippen LogP contribution in [-0.2, 0) is 4.79 Å². The van der Waals surface area contributed by atoms with E-state index in [4.69, 9.17) is 14.6 Å². The topological polar surface area (TPSA) is 72.8 Å². The van der Waals surface area contributed by atoms with E-state index in [0.717, 1.165) is 38.6 Å². The van der Waals surface area contributed by atoms with Crippen LogP contribution in [0.4, 0.5) is 0 Å². The molecule has 0 amide bonds. The lowest BCUT2D eigenvalue weighted by molar-refractivity contribution is -0.131. The molecule has 168 valence electrons. The Bertz CT molecular complexity index is 1310. The zero-order chi connectivity index (χ0) is 23.5. The quantitative estimate of drug-likeness (QED) is 0.344. The normalized spacial score (nSPS) is 15.6. The Balaban J connectivity index is 1.72. The number of fused-ring (bicyclic) bond motifs is 1. The highest BCUT2D eigenvalue weighted by Crippen LogP contribution is 2.42. The van der Waals surface area contributed by atoms with Crippen molar-refractivity contribution in [3.05, 3.63) is 93.9 Å². The molecule has 1 N–H and O–H groups in total. The third-order valence-electron chi connectivity index (χ3n) is 5.54. The molecule has 0 saturated carbocycles. The summed E-state index contributed by atoms with van der Waals surface area (Å²) < 4.78 is 12.7. The zero-order valence-electron chi connectivity index (χ0n) is 18.6. The molecule has 0 aliphatic heterocycles. The molecule has 0 fully saturated rings. The Morgan fingerprint density at radius 1 is 1.15 bits per heavy atom. The summed E-state index contributed by atoms with van der Waals surface area (Å²) in [6.45, 7) is 3.88. The first-order valence-electron chi connectivity index (χ1n) is 10.5. The molecule has 2 aromatic carbocycles. The summed E-state index contributed by atoms with van der Waals surface area (Å²) in [7, 11) is 1.62. The minimum absolute atomic E-state index is 0.0545. The summed E-state index contributed by atoms with van der Waals surface area (Å²) in [5.41, 5.74) is 3.36. The molecule has 1 atom stereocenters. The predicted octanol–water partition coefficient (Wildman–Crippen LogP) is 6.03. The van der Waals surface area contributed by atoms with Gasteiger partial charge in [-0.2, -0.15) is 0 Å². The monoisotopic (exact) mass is 460 g/mol. The summed E-state index contributed by atoms with van der Waals surface area (Å²) in [4.78, 5) is 25.0. The lowest BCUT2D eigenvalue weighted by atomic mass is 9.98. The number of rotatable bonds is 7. The highest BCUT2D eigenvalue weighted by Gasteiger charge is 2.25. The van der Waals surface area contributed by atoms with Crippen molar-refractivity contribution in [2.45, 2.75) is 26.4 Å². The highest BCUT2D eigenvalue weighted by atomic mass is 32.1. The molecule has 1 aromatic heterocycles. The van der Waals surface area contributed by atoms with Crippen molar-refractivity contribution >= 4 is 33.2 Å². The molecule has 33 heavy (non-hydrogen) atoms. The molecule has 1 heterocycles. The van der Waals surface area contributed by atoms with Crippen LogP contribution in [0.5, 0.6) is 11.5 Å². The number of aliphatic carboxylic acids is 1. The number of ether oxygens (including phenoxy) is 2. The van der Waals surface area contributed by atoms with Gasteiger partial charge in [0.2, 0.25) is 5.78 Å². The molecule has 0 radical (unpaired) electrons. The second-order valence-corrected chi connectivity index (χ2v) is 8.90. The van der Waals surface area contributed by atoms with Crippen LogP contribution in [0.15, 0.2) is 72.4 Å². The number of ketones is 1. The number of carbonyl (C=O) groups is 2. The maximum atomic E-state index is 13.7. The van der Waals surface area contributed by atoms with Gasteiger partial charge in [0, 0.05) is 28.1 Å². The van der Waals surface area contributed by atoms with Gasteiger partial charge < -0.3 is 14.6 Å². The molecule has 1 aliphatic rings. The van der Waals surface area contributed by atoms with Crippen molar-refractivity contribution < 1.29 is 24.2 Å². The van der Waals surface area contributed by atoms with Crippen molar-refractivity contribution in [1.82, 2.24) is 0 Å².